The van der Waals surface area contributed by atoms with Crippen LogP contribution >= 0.6 is 0 Å². The average Bonchev–Trinajstić information content (AvgIpc) is 2.02. The van der Waals surface area contributed by atoms with E-state index in [0.717, 1.165) is 11.5 Å². The summed E-state index contributed by atoms with van der Waals surface area (Å²) in [7, 11) is 0. The number of aryl methyl sites for hydroxylation is 1. The van der Waals surface area contributed by atoms with Crippen LogP contribution in [0.2, 0.25) is 0 Å². The molecule has 1 aromatic rings. The van der Waals surface area contributed by atoms with E-state index in [4.69, 9.17) is 4.74 Å². The van der Waals surface area contributed by atoms with E-state index < -0.39 is 0 Å². The minimum absolute atomic E-state index is 0.0412. The number of hydrogen-bond donors (Lipinski definition) is 0. The number of hydrogen-bond acceptors (Lipinski definition) is 3. The van der Waals surface area contributed by atoms with Crippen LogP contribution in [0.3, 0.4) is 0 Å². The molecule has 0 spiro atoms. The normalized spacial score (nSPS) is 11.5. The van der Waals surface area contributed by atoms with Gasteiger partial charge in [0.1, 0.15) is 5.82 Å². The van der Waals surface area contributed by atoms with E-state index in [1.165, 1.54) is 0 Å². The molecule has 1 aromatic heterocycles. The van der Waals surface area contributed by atoms with Crippen molar-refractivity contribution in [3.63, 3.8) is 0 Å². The molecule has 3 nitrogen and oxygen atoms in total. The van der Waals surface area contributed by atoms with Crippen molar-refractivity contribution in [2.24, 2.45) is 0 Å². The molecule has 0 atom stereocenters. The third-order valence-corrected chi connectivity index (χ3v) is 1.88. The molecule has 1 heterocycles. The lowest BCUT2D eigenvalue weighted by Gasteiger charge is -2.18. The van der Waals surface area contributed by atoms with Crippen LogP contribution in [-0.2, 0) is 5.41 Å². The summed E-state index contributed by atoms with van der Waals surface area (Å²) >= 11 is 0. The first kappa shape index (κ1) is 11.0. The molecule has 0 aromatic carbocycles. The number of rotatable bonds is 2. The monoisotopic (exact) mass is 194 g/mol. The maximum Gasteiger partial charge on any atom is 0.216 e. The maximum absolute atomic E-state index is 5.37. The third-order valence-electron chi connectivity index (χ3n) is 1.88. The maximum atomic E-state index is 5.37. The standard InChI is InChI=1S/C11H18N2O/c1-6-14-10-7-9(11(3,4)5)12-8(2)13-10/h7H,6H2,1-5H3. The molecule has 14 heavy (non-hydrogen) atoms. The Morgan fingerprint density at radius 1 is 1.29 bits per heavy atom. The zero-order chi connectivity index (χ0) is 10.8. The Bertz CT molecular complexity index is 316. The molecule has 0 saturated carbocycles. The van der Waals surface area contributed by atoms with E-state index >= 15 is 0 Å². The first-order chi connectivity index (χ1) is 6.43. The fourth-order valence-electron chi connectivity index (χ4n) is 1.15. The zero-order valence-electron chi connectivity index (χ0n) is 9.59. The molecular formula is C11H18N2O. The second-order valence-corrected chi connectivity index (χ2v) is 4.32. The Labute approximate surface area is 85.5 Å². The summed E-state index contributed by atoms with van der Waals surface area (Å²) in [5, 5.41) is 0. The highest BCUT2D eigenvalue weighted by Crippen LogP contribution is 2.22. The summed E-state index contributed by atoms with van der Waals surface area (Å²) in [6.45, 7) is 10.9. The van der Waals surface area contributed by atoms with Gasteiger partial charge in [-0.25, -0.2) is 4.98 Å². The minimum Gasteiger partial charge on any atom is -0.478 e. The Morgan fingerprint density at radius 3 is 2.43 bits per heavy atom. The van der Waals surface area contributed by atoms with Crippen molar-refractivity contribution in [1.82, 2.24) is 9.97 Å². The number of ether oxygens (including phenoxy) is 1. The van der Waals surface area contributed by atoms with Gasteiger partial charge in [-0.2, -0.15) is 4.98 Å². The lowest BCUT2D eigenvalue weighted by molar-refractivity contribution is 0.323. The topological polar surface area (TPSA) is 35.0 Å². The predicted molar refractivity (Wildman–Crippen MR) is 56.6 cm³/mol. The van der Waals surface area contributed by atoms with Crippen LogP contribution < -0.4 is 4.74 Å². The van der Waals surface area contributed by atoms with Crippen molar-refractivity contribution in [1.29, 1.82) is 0 Å². The number of aromatic nitrogens is 2. The van der Waals surface area contributed by atoms with Gasteiger partial charge in [0.2, 0.25) is 5.88 Å². The SMILES string of the molecule is CCOc1cc(C(C)(C)C)nc(C)n1. The summed E-state index contributed by atoms with van der Waals surface area (Å²) in [5.41, 5.74) is 1.06. The van der Waals surface area contributed by atoms with Crippen molar-refractivity contribution in [3.8, 4) is 5.88 Å². The van der Waals surface area contributed by atoms with Gasteiger partial charge in [0.05, 0.1) is 12.3 Å². The van der Waals surface area contributed by atoms with Gasteiger partial charge in [-0.05, 0) is 13.8 Å². The molecule has 0 bridgehead atoms. The van der Waals surface area contributed by atoms with Crippen molar-refractivity contribution in [2.45, 2.75) is 40.0 Å². The van der Waals surface area contributed by atoms with Crippen LogP contribution in [0.25, 0.3) is 0 Å². The van der Waals surface area contributed by atoms with Crippen LogP contribution in [0, 0.1) is 6.92 Å². The van der Waals surface area contributed by atoms with E-state index in [2.05, 4.69) is 30.7 Å². The predicted octanol–water partition coefficient (Wildman–Crippen LogP) is 2.48. The van der Waals surface area contributed by atoms with Gasteiger partial charge in [-0.15, -0.1) is 0 Å². The third kappa shape index (κ3) is 2.69. The van der Waals surface area contributed by atoms with Crippen LogP contribution in [-0.4, -0.2) is 16.6 Å². The second-order valence-electron chi connectivity index (χ2n) is 4.32. The lowest BCUT2D eigenvalue weighted by atomic mass is 9.92. The van der Waals surface area contributed by atoms with Crippen LogP contribution in [0.4, 0.5) is 0 Å². The molecule has 3 heteroatoms. The molecule has 1 rings (SSSR count). The van der Waals surface area contributed by atoms with Crippen LogP contribution in [0.1, 0.15) is 39.2 Å². The molecule has 0 radical (unpaired) electrons. The van der Waals surface area contributed by atoms with Crippen LogP contribution in [0.5, 0.6) is 5.88 Å². The Morgan fingerprint density at radius 2 is 1.93 bits per heavy atom. The summed E-state index contributed by atoms with van der Waals surface area (Å²) in [4.78, 5) is 8.60. The van der Waals surface area contributed by atoms with Crippen molar-refractivity contribution in [2.75, 3.05) is 6.61 Å². The smallest absolute Gasteiger partial charge is 0.216 e. The molecule has 0 amide bonds. The van der Waals surface area contributed by atoms with E-state index in [1.807, 2.05) is 19.9 Å². The fourth-order valence-corrected chi connectivity index (χ4v) is 1.15. The highest BCUT2D eigenvalue weighted by Gasteiger charge is 2.17. The highest BCUT2D eigenvalue weighted by atomic mass is 16.5. The molecule has 0 aliphatic carbocycles. The van der Waals surface area contributed by atoms with Crippen molar-refractivity contribution < 1.29 is 4.74 Å². The van der Waals surface area contributed by atoms with Gasteiger partial charge >= 0.3 is 0 Å². The summed E-state index contributed by atoms with van der Waals surface area (Å²) in [6, 6.07) is 1.91. The van der Waals surface area contributed by atoms with Gasteiger partial charge in [-0.3, -0.25) is 0 Å². The summed E-state index contributed by atoms with van der Waals surface area (Å²) < 4.78 is 5.37. The second kappa shape index (κ2) is 3.95. The molecule has 0 aliphatic rings. The van der Waals surface area contributed by atoms with E-state index in [1.54, 1.807) is 0 Å². The quantitative estimate of drug-likeness (QED) is 0.725. The number of nitrogens with zero attached hydrogens (tertiary/aromatic N) is 2. The molecule has 0 unspecified atom stereocenters. The Kier molecular flexibility index (Phi) is 3.09. The first-order valence-corrected chi connectivity index (χ1v) is 4.92. The minimum atomic E-state index is 0.0412. The van der Waals surface area contributed by atoms with Crippen LogP contribution in [0.15, 0.2) is 6.07 Å². The highest BCUT2D eigenvalue weighted by molar-refractivity contribution is 5.21. The van der Waals surface area contributed by atoms with Gasteiger partial charge in [0.15, 0.2) is 0 Å². The van der Waals surface area contributed by atoms with E-state index in [9.17, 15) is 0 Å². The molecule has 0 aliphatic heterocycles. The molecular weight excluding hydrogens is 176 g/mol. The van der Waals surface area contributed by atoms with E-state index in [-0.39, 0.29) is 5.41 Å². The van der Waals surface area contributed by atoms with Gasteiger partial charge in [-0.1, -0.05) is 20.8 Å². The van der Waals surface area contributed by atoms with Gasteiger partial charge in [0, 0.05) is 11.5 Å². The largest absolute Gasteiger partial charge is 0.478 e. The van der Waals surface area contributed by atoms with Gasteiger partial charge in [0.25, 0.3) is 0 Å². The Balaban J connectivity index is 3.07. The lowest BCUT2D eigenvalue weighted by Crippen LogP contribution is -2.15. The molecule has 0 N–H and O–H groups in total. The van der Waals surface area contributed by atoms with Crippen molar-refractivity contribution in [3.05, 3.63) is 17.6 Å². The molecule has 0 fully saturated rings. The van der Waals surface area contributed by atoms with E-state index in [0.29, 0.717) is 12.5 Å². The molecule has 78 valence electrons. The van der Waals surface area contributed by atoms with Crippen molar-refractivity contribution >= 4 is 0 Å². The fraction of sp³-hybridized carbons (Fsp3) is 0.636. The summed E-state index contributed by atoms with van der Waals surface area (Å²) in [6.07, 6.45) is 0. The average molecular weight is 194 g/mol. The zero-order valence-corrected chi connectivity index (χ0v) is 9.59. The van der Waals surface area contributed by atoms with Gasteiger partial charge < -0.3 is 4.74 Å². The Hall–Kier alpha value is -1.12. The first-order valence-electron chi connectivity index (χ1n) is 4.92. The molecule has 0 saturated heterocycles. The summed E-state index contributed by atoms with van der Waals surface area (Å²) in [5.74, 6) is 1.44.